The number of methoxy groups -OCH3 is 2. The number of benzene rings is 1. The standard InChI is InChI=1S/C17H16N4O4/c1-23-13-3-4-14(24-2)12(9-13)10-15(22)19-17-21-20-16(25-17)11-5-7-18-8-6-11/h3-9H,10H2,1-2H3,(H,19,21,22). The molecule has 0 bridgehead atoms. The van der Waals surface area contributed by atoms with Gasteiger partial charge in [-0.2, -0.15) is 0 Å². The zero-order valence-corrected chi connectivity index (χ0v) is 13.7. The van der Waals surface area contributed by atoms with Gasteiger partial charge in [0.2, 0.25) is 11.8 Å². The first-order chi connectivity index (χ1) is 12.2. The van der Waals surface area contributed by atoms with E-state index in [1.807, 2.05) is 0 Å². The normalized spacial score (nSPS) is 10.3. The van der Waals surface area contributed by atoms with Gasteiger partial charge in [0.05, 0.1) is 20.6 Å². The second kappa shape index (κ2) is 7.43. The summed E-state index contributed by atoms with van der Waals surface area (Å²) in [4.78, 5) is 16.2. The first-order valence-corrected chi connectivity index (χ1v) is 7.44. The number of pyridine rings is 1. The number of hydrogen-bond donors (Lipinski definition) is 1. The highest BCUT2D eigenvalue weighted by atomic mass is 16.5. The summed E-state index contributed by atoms with van der Waals surface area (Å²) in [6, 6.07) is 8.75. The van der Waals surface area contributed by atoms with Gasteiger partial charge in [-0.3, -0.25) is 15.1 Å². The molecule has 2 aromatic heterocycles. The molecule has 8 heteroatoms. The zero-order chi connectivity index (χ0) is 17.6. The average molecular weight is 340 g/mol. The molecule has 0 aliphatic carbocycles. The maximum Gasteiger partial charge on any atom is 0.322 e. The summed E-state index contributed by atoms with van der Waals surface area (Å²) in [5.41, 5.74) is 1.41. The molecule has 0 spiro atoms. The van der Waals surface area contributed by atoms with Crippen molar-refractivity contribution in [2.75, 3.05) is 19.5 Å². The average Bonchev–Trinajstić information content (AvgIpc) is 3.10. The molecule has 0 radical (unpaired) electrons. The van der Waals surface area contributed by atoms with Crippen LogP contribution in [0.25, 0.3) is 11.5 Å². The minimum Gasteiger partial charge on any atom is -0.497 e. The van der Waals surface area contributed by atoms with E-state index in [9.17, 15) is 4.79 Å². The van der Waals surface area contributed by atoms with Gasteiger partial charge in [0, 0.05) is 23.5 Å². The molecular weight excluding hydrogens is 324 g/mol. The fourth-order valence-electron chi connectivity index (χ4n) is 2.24. The minimum atomic E-state index is -0.309. The molecule has 3 aromatic rings. The fourth-order valence-corrected chi connectivity index (χ4v) is 2.24. The van der Waals surface area contributed by atoms with Crippen LogP contribution in [0.5, 0.6) is 11.5 Å². The maximum atomic E-state index is 12.3. The van der Waals surface area contributed by atoms with Crippen molar-refractivity contribution in [3.8, 4) is 23.0 Å². The van der Waals surface area contributed by atoms with Crippen LogP contribution in [0.1, 0.15) is 5.56 Å². The Bertz CT molecular complexity index is 864. The molecule has 0 fully saturated rings. The van der Waals surface area contributed by atoms with Crippen LogP contribution in [-0.2, 0) is 11.2 Å². The Morgan fingerprint density at radius 1 is 1.12 bits per heavy atom. The van der Waals surface area contributed by atoms with Gasteiger partial charge in [0.25, 0.3) is 0 Å². The number of anilines is 1. The highest BCUT2D eigenvalue weighted by molar-refractivity contribution is 5.90. The van der Waals surface area contributed by atoms with Crippen LogP contribution < -0.4 is 14.8 Å². The number of rotatable bonds is 6. The predicted molar refractivity (Wildman–Crippen MR) is 89.4 cm³/mol. The summed E-state index contributed by atoms with van der Waals surface area (Å²) in [6.07, 6.45) is 3.31. The third-order valence-corrected chi connectivity index (χ3v) is 3.44. The van der Waals surface area contributed by atoms with Crippen molar-refractivity contribution < 1.29 is 18.7 Å². The fraction of sp³-hybridized carbons (Fsp3) is 0.176. The second-order valence-corrected chi connectivity index (χ2v) is 5.05. The molecule has 1 amide bonds. The van der Waals surface area contributed by atoms with Crippen molar-refractivity contribution in [2.24, 2.45) is 0 Å². The van der Waals surface area contributed by atoms with E-state index in [0.717, 1.165) is 5.56 Å². The summed E-state index contributed by atoms with van der Waals surface area (Å²) >= 11 is 0. The van der Waals surface area contributed by atoms with E-state index in [0.29, 0.717) is 23.0 Å². The largest absolute Gasteiger partial charge is 0.497 e. The van der Waals surface area contributed by atoms with Crippen LogP contribution in [0, 0.1) is 0 Å². The topological polar surface area (TPSA) is 99.4 Å². The molecule has 0 atom stereocenters. The van der Waals surface area contributed by atoms with E-state index in [4.69, 9.17) is 13.9 Å². The van der Waals surface area contributed by atoms with Crippen LogP contribution in [0.4, 0.5) is 6.01 Å². The monoisotopic (exact) mass is 340 g/mol. The molecule has 0 aliphatic rings. The minimum absolute atomic E-state index is 0.0266. The van der Waals surface area contributed by atoms with Crippen LogP contribution >= 0.6 is 0 Å². The highest BCUT2D eigenvalue weighted by Gasteiger charge is 2.14. The molecular formula is C17H16N4O4. The highest BCUT2D eigenvalue weighted by Crippen LogP contribution is 2.25. The number of carbonyl (C=O) groups is 1. The summed E-state index contributed by atoms with van der Waals surface area (Å²) in [6.45, 7) is 0. The van der Waals surface area contributed by atoms with E-state index >= 15 is 0 Å². The molecule has 25 heavy (non-hydrogen) atoms. The quantitative estimate of drug-likeness (QED) is 0.735. The number of nitrogens with zero attached hydrogens (tertiary/aromatic N) is 3. The van der Waals surface area contributed by atoms with Crippen molar-refractivity contribution in [3.05, 3.63) is 48.3 Å². The predicted octanol–water partition coefficient (Wildman–Crippen LogP) is 2.33. The Labute approximate surface area is 143 Å². The molecule has 3 rings (SSSR count). The molecule has 2 heterocycles. The maximum absolute atomic E-state index is 12.3. The number of carbonyl (C=O) groups excluding carboxylic acids is 1. The molecule has 8 nitrogen and oxygen atoms in total. The Balaban J connectivity index is 1.70. The van der Waals surface area contributed by atoms with Gasteiger partial charge < -0.3 is 13.9 Å². The van der Waals surface area contributed by atoms with Gasteiger partial charge in [0.1, 0.15) is 11.5 Å². The van der Waals surface area contributed by atoms with E-state index in [2.05, 4.69) is 20.5 Å². The molecule has 0 saturated carbocycles. The summed E-state index contributed by atoms with van der Waals surface area (Å²) in [5, 5.41) is 10.3. The Kier molecular flexibility index (Phi) is 4.89. The summed E-state index contributed by atoms with van der Waals surface area (Å²) in [5.74, 6) is 1.23. The second-order valence-electron chi connectivity index (χ2n) is 5.05. The van der Waals surface area contributed by atoms with Gasteiger partial charge in [-0.15, -0.1) is 5.10 Å². The van der Waals surface area contributed by atoms with Crippen LogP contribution in [0.15, 0.2) is 47.1 Å². The molecule has 0 unspecified atom stereocenters. The summed E-state index contributed by atoms with van der Waals surface area (Å²) in [7, 11) is 3.10. The van der Waals surface area contributed by atoms with Gasteiger partial charge in [-0.25, -0.2) is 0 Å². The number of hydrogen-bond acceptors (Lipinski definition) is 7. The lowest BCUT2D eigenvalue weighted by Gasteiger charge is -2.09. The van der Waals surface area contributed by atoms with Gasteiger partial charge >= 0.3 is 6.01 Å². The molecule has 1 N–H and O–H groups in total. The van der Waals surface area contributed by atoms with E-state index < -0.39 is 0 Å². The van der Waals surface area contributed by atoms with Crippen molar-refractivity contribution in [3.63, 3.8) is 0 Å². The zero-order valence-electron chi connectivity index (χ0n) is 13.7. The Morgan fingerprint density at radius 2 is 1.92 bits per heavy atom. The van der Waals surface area contributed by atoms with Crippen molar-refractivity contribution >= 4 is 11.9 Å². The smallest absolute Gasteiger partial charge is 0.322 e. The number of amides is 1. The first kappa shape index (κ1) is 16.4. The lowest BCUT2D eigenvalue weighted by atomic mass is 10.1. The van der Waals surface area contributed by atoms with Gasteiger partial charge in [0.15, 0.2) is 0 Å². The van der Waals surface area contributed by atoms with E-state index in [1.54, 1.807) is 56.9 Å². The van der Waals surface area contributed by atoms with Crippen molar-refractivity contribution in [1.29, 1.82) is 0 Å². The Hall–Kier alpha value is -3.42. The molecule has 0 aliphatic heterocycles. The van der Waals surface area contributed by atoms with Crippen LogP contribution in [0.3, 0.4) is 0 Å². The lowest BCUT2D eigenvalue weighted by Crippen LogP contribution is -2.15. The molecule has 128 valence electrons. The van der Waals surface area contributed by atoms with Gasteiger partial charge in [-0.1, -0.05) is 5.10 Å². The third-order valence-electron chi connectivity index (χ3n) is 3.44. The van der Waals surface area contributed by atoms with Crippen LogP contribution in [-0.4, -0.2) is 35.3 Å². The van der Waals surface area contributed by atoms with Crippen LogP contribution in [0.2, 0.25) is 0 Å². The van der Waals surface area contributed by atoms with E-state index in [-0.39, 0.29) is 18.3 Å². The van der Waals surface area contributed by atoms with E-state index in [1.165, 1.54) is 0 Å². The summed E-state index contributed by atoms with van der Waals surface area (Å²) < 4.78 is 15.9. The third kappa shape index (κ3) is 3.92. The van der Waals surface area contributed by atoms with Gasteiger partial charge in [-0.05, 0) is 30.3 Å². The SMILES string of the molecule is COc1ccc(OC)c(CC(=O)Nc2nnc(-c3ccncc3)o2)c1. The lowest BCUT2D eigenvalue weighted by molar-refractivity contribution is -0.115. The first-order valence-electron chi connectivity index (χ1n) is 7.44. The number of nitrogens with one attached hydrogen (secondary N) is 1. The Morgan fingerprint density at radius 3 is 2.64 bits per heavy atom. The van der Waals surface area contributed by atoms with Crippen molar-refractivity contribution in [2.45, 2.75) is 6.42 Å². The number of ether oxygens (including phenoxy) is 2. The molecule has 1 aromatic carbocycles. The number of aromatic nitrogens is 3. The van der Waals surface area contributed by atoms with Crippen molar-refractivity contribution in [1.82, 2.24) is 15.2 Å². The molecule has 0 saturated heterocycles.